The minimum Gasteiger partial charge on any atom is -0.263 e. The summed E-state index contributed by atoms with van der Waals surface area (Å²) in [6, 6.07) is 6.54. The molecule has 47 heavy (non-hydrogen) atoms. The van der Waals surface area contributed by atoms with E-state index in [0.29, 0.717) is 6.07 Å². The molecule has 0 amide bonds. The maximum absolute atomic E-state index is 15.3. The van der Waals surface area contributed by atoms with Gasteiger partial charge >= 0.3 is 63.5 Å². The lowest BCUT2D eigenvalue weighted by Gasteiger charge is -2.36. The summed E-state index contributed by atoms with van der Waals surface area (Å²) in [7, 11) is -8.30. The van der Waals surface area contributed by atoms with Gasteiger partial charge in [0.2, 0.25) is 0 Å². The lowest BCUT2D eigenvalue weighted by atomic mass is 9.89. The van der Waals surface area contributed by atoms with E-state index in [-0.39, 0.29) is 22.8 Å². The Morgan fingerprint density at radius 2 is 1.17 bits per heavy atom. The van der Waals surface area contributed by atoms with Gasteiger partial charge in [-0.05, 0) is 28.7 Å². The van der Waals surface area contributed by atoms with Crippen molar-refractivity contribution in [3.8, 4) is 11.1 Å². The van der Waals surface area contributed by atoms with E-state index in [1.807, 2.05) is 0 Å². The molecule has 0 aliphatic heterocycles. The molecule has 0 atom stereocenters. The highest BCUT2D eigenvalue weighted by molar-refractivity contribution is 7.87. The van der Waals surface area contributed by atoms with Crippen molar-refractivity contribution in [3.05, 3.63) is 59.2 Å². The zero-order valence-electron chi connectivity index (χ0n) is 21.6. The van der Waals surface area contributed by atoms with Gasteiger partial charge in [-0.25, -0.2) is 8.78 Å². The zero-order valence-corrected chi connectivity index (χ0v) is 22.4. The van der Waals surface area contributed by atoms with Gasteiger partial charge in [-0.15, -0.1) is 0 Å². The Bertz CT molecular complexity index is 1670. The van der Waals surface area contributed by atoms with Crippen molar-refractivity contribution in [2.45, 2.75) is 59.8 Å². The molecule has 0 saturated carbocycles. The zero-order chi connectivity index (χ0) is 36.6. The Morgan fingerprint density at radius 1 is 0.660 bits per heavy atom. The maximum atomic E-state index is 15.3. The van der Waals surface area contributed by atoms with E-state index in [1.54, 1.807) is 0 Å². The molecular weight excluding hydrogens is 731 g/mol. The smallest absolute Gasteiger partial charge is 0.263 e. The average Bonchev–Trinajstić information content (AvgIpc) is 3.31. The second kappa shape index (κ2) is 11.0. The minimum absolute atomic E-state index is 0.0161. The van der Waals surface area contributed by atoms with E-state index in [4.69, 9.17) is 0 Å². The molecule has 0 saturated heterocycles. The number of alkyl halides is 19. The van der Waals surface area contributed by atoms with Crippen LogP contribution in [0.1, 0.15) is 16.7 Å². The largest absolute Gasteiger partial charge is 0.460 e. The van der Waals surface area contributed by atoms with Gasteiger partial charge in [0.15, 0.2) is 5.71 Å². The summed E-state index contributed by atoms with van der Waals surface area (Å²) in [6.45, 7) is 0. The van der Waals surface area contributed by atoms with Crippen molar-refractivity contribution in [1.29, 1.82) is 0 Å². The van der Waals surface area contributed by atoms with Gasteiger partial charge in [-0.3, -0.25) is 4.28 Å². The van der Waals surface area contributed by atoms with Gasteiger partial charge in [-0.2, -0.15) is 83.1 Å². The summed E-state index contributed by atoms with van der Waals surface area (Å²) >= 11 is 0. The molecule has 3 rings (SSSR count). The van der Waals surface area contributed by atoms with Crippen LogP contribution in [0, 0.1) is 0 Å². The summed E-state index contributed by atoms with van der Waals surface area (Å²) in [4.78, 5) is 0. The van der Waals surface area contributed by atoms with Crippen LogP contribution in [0.15, 0.2) is 47.6 Å². The standard InChI is InChI=1S/C23H10F19NO3S/c24-15(25)17(28,29)19(32,33)18(30,31)16(26,27)14(12-7-3-6-11-10-5-2-1-4-9(10)8-13(11)12)43-46-47(44,45)23(41,42)21(36,37)20(34,35)22(38,39)40/h1-7,15H,8H2. The third kappa shape index (κ3) is 5.33. The first-order valence-electron chi connectivity index (χ1n) is 11.6. The minimum atomic E-state index is -8.30. The van der Waals surface area contributed by atoms with E-state index in [1.165, 1.54) is 29.4 Å². The first kappa shape index (κ1) is 38.0. The van der Waals surface area contributed by atoms with Crippen LogP contribution in [0.2, 0.25) is 0 Å². The highest BCUT2D eigenvalue weighted by atomic mass is 32.2. The molecule has 1 aliphatic carbocycles. The van der Waals surface area contributed by atoms with Crippen molar-refractivity contribution in [1.82, 2.24) is 0 Å². The molecule has 24 heteroatoms. The van der Waals surface area contributed by atoms with Crippen LogP contribution in [0.5, 0.6) is 0 Å². The lowest BCUT2D eigenvalue weighted by molar-refractivity contribution is -0.382. The Labute approximate surface area is 247 Å². The summed E-state index contributed by atoms with van der Waals surface area (Å²) in [5, 5.41) is -6.35. The molecule has 2 aromatic carbocycles. The summed E-state index contributed by atoms with van der Waals surface area (Å²) < 4.78 is 285. The molecule has 0 N–H and O–H groups in total. The number of nitrogens with zero attached hydrogens (tertiary/aromatic N) is 1. The van der Waals surface area contributed by atoms with Crippen molar-refractivity contribution >= 4 is 15.8 Å². The number of fused-ring (bicyclic) bond motifs is 3. The van der Waals surface area contributed by atoms with Crippen molar-refractivity contribution in [2.75, 3.05) is 0 Å². The predicted molar refractivity (Wildman–Crippen MR) is 118 cm³/mol. The van der Waals surface area contributed by atoms with Crippen molar-refractivity contribution < 1.29 is 96.1 Å². The van der Waals surface area contributed by atoms with Gasteiger partial charge < -0.3 is 0 Å². The number of hydrogen-bond acceptors (Lipinski definition) is 4. The summed E-state index contributed by atoms with van der Waals surface area (Å²) in [6.07, 6.45) is -14.2. The molecule has 1 aliphatic rings. The molecule has 2 aromatic rings. The fourth-order valence-corrected chi connectivity index (χ4v) is 4.71. The molecule has 0 spiro atoms. The van der Waals surface area contributed by atoms with Crippen LogP contribution in [-0.4, -0.2) is 67.5 Å². The summed E-state index contributed by atoms with van der Waals surface area (Å²) in [5.41, 5.74) is -6.35. The van der Waals surface area contributed by atoms with Crippen LogP contribution in [0.25, 0.3) is 11.1 Å². The molecule has 0 heterocycles. The molecule has 0 bridgehead atoms. The Kier molecular flexibility index (Phi) is 8.92. The first-order chi connectivity index (χ1) is 20.9. The number of rotatable bonds is 11. The van der Waals surface area contributed by atoms with Crippen molar-refractivity contribution in [3.63, 3.8) is 0 Å². The van der Waals surface area contributed by atoms with Gasteiger partial charge in [0, 0.05) is 5.56 Å². The maximum Gasteiger partial charge on any atom is 0.460 e. The second-order valence-electron chi connectivity index (χ2n) is 9.44. The van der Waals surface area contributed by atoms with E-state index in [2.05, 4.69) is 4.28 Å². The molecule has 0 aromatic heterocycles. The Balaban J connectivity index is 2.33. The highest BCUT2D eigenvalue weighted by Gasteiger charge is 2.87. The summed E-state index contributed by atoms with van der Waals surface area (Å²) in [5.74, 6) is -46.4. The number of halogens is 19. The number of benzene rings is 2. The van der Waals surface area contributed by atoms with Crippen LogP contribution in [0.3, 0.4) is 0 Å². The molecular formula is C23H10F19NO3S. The Hall–Kier alpha value is -3.47. The van der Waals surface area contributed by atoms with E-state index in [9.17, 15) is 83.1 Å². The number of oxime groups is 1. The van der Waals surface area contributed by atoms with Gasteiger partial charge in [0.25, 0.3) is 0 Å². The third-order valence-corrected chi connectivity index (χ3v) is 7.70. The van der Waals surface area contributed by atoms with E-state index < -0.39 is 86.8 Å². The number of hydrogen-bond donors (Lipinski definition) is 0. The van der Waals surface area contributed by atoms with Crippen LogP contribution >= 0.6 is 0 Å². The van der Waals surface area contributed by atoms with Gasteiger partial charge in [-0.1, -0.05) is 47.6 Å². The second-order valence-corrected chi connectivity index (χ2v) is 11.0. The molecule has 0 unspecified atom stereocenters. The van der Waals surface area contributed by atoms with Crippen molar-refractivity contribution in [2.24, 2.45) is 5.16 Å². The lowest BCUT2D eigenvalue weighted by Crippen LogP contribution is -2.66. The third-order valence-electron chi connectivity index (χ3n) is 6.54. The molecule has 0 radical (unpaired) electrons. The molecule has 4 nitrogen and oxygen atoms in total. The average molecular weight is 741 g/mol. The first-order valence-corrected chi connectivity index (χ1v) is 13.0. The highest BCUT2D eigenvalue weighted by Crippen LogP contribution is 2.57. The van der Waals surface area contributed by atoms with Crippen LogP contribution in [0.4, 0.5) is 83.4 Å². The van der Waals surface area contributed by atoms with E-state index >= 15 is 8.78 Å². The van der Waals surface area contributed by atoms with Crippen LogP contribution in [-0.2, 0) is 20.8 Å². The van der Waals surface area contributed by atoms with Gasteiger partial charge in [0.1, 0.15) is 0 Å². The normalized spacial score (nSPS) is 16.0. The SMILES string of the molecule is O=S(=O)(ON=C(c1cccc2c1Cc1ccccc1-2)C(F)(F)C(F)(F)C(F)(F)C(F)(F)C(F)F)C(F)(F)C(F)(F)C(F)(F)C(F)(F)F. The van der Waals surface area contributed by atoms with Crippen LogP contribution < -0.4 is 0 Å². The molecule has 264 valence electrons. The quantitative estimate of drug-likeness (QED) is 0.113. The fourth-order valence-electron chi connectivity index (χ4n) is 4.00. The Morgan fingerprint density at radius 3 is 1.68 bits per heavy atom. The monoisotopic (exact) mass is 741 g/mol. The topological polar surface area (TPSA) is 55.7 Å². The van der Waals surface area contributed by atoms with E-state index in [0.717, 1.165) is 6.07 Å². The predicted octanol–water partition coefficient (Wildman–Crippen LogP) is 8.54. The molecule has 0 fully saturated rings. The fraction of sp³-hybridized carbons (Fsp3) is 0.435. The van der Waals surface area contributed by atoms with Gasteiger partial charge in [0.05, 0.1) is 0 Å².